The van der Waals surface area contributed by atoms with E-state index in [1.165, 1.54) is 36.7 Å². The van der Waals surface area contributed by atoms with Gasteiger partial charge in [0.15, 0.2) is 0 Å². The van der Waals surface area contributed by atoms with Gasteiger partial charge in [-0.3, -0.25) is 19.6 Å². The summed E-state index contributed by atoms with van der Waals surface area (Å²) in [6, 6.07) is 16.9. The van der Waals surface area contributed by atoms with Crippen LogP contribution in [0.5, 0.6) is 0 Å². The number of hydrogen-bond donors (Lipinski definition) is 2. The number of carbonyl (C=O) groups is 2. The molecule has 0 aliphatic heterocycles. The number of amides is 2. The first-order chi connectivity index (χ1) is 13.7. The van der Waals surface area contributed by atoms with Crippen LogP contribution in [0.2, 0.25) is 0 Å². The molecule has 0 fully saturated rings. The predicted octanol–water partition coefficient (Wildman–Crippen LogP) is 2.00. The number of hydrazone groups is 2. The Morgan fingerprint density at radius 3 is 1.46 bits per heavy atom. The molecule has 1 aromatic carbocycles. The number of aromatic nitrogens is 2. The number of benzene rings is 1. The van der Waals surface area contributed by atoms with Crippen molar-refractivity contribution >= 4 is 24.2 Å². The van der Waals surface area contributed by atoms with Crippen LogP contribution < -0.4 is 10.9 Å². The van der Waals surface area contributed by atoms with Crippen LogP contribution in [0.15, 0.2) is 83.3 Å². The van der Waals surface area contributed by atoms with E-state index in [9.17, 15) is 9.59 Å². The quantitative estimate of drug-likeness (QED) is 0.509. The van der Waals surface area contributed by atoms with Crippen LogP contribution in [0.25, 0.3) is 0 Å². The molecule has 0 saturated heterocycles. The highest BCUT2D eigenvalue weighted by molar-refractivity contribution is 5.98. The minimum atomic E-state index is -0.396. The van der Waals surface area contributed by atoms with Crippen LogP contribution in [0, 0.1) is 0 Å². The Morgan fingerprint density at radius 1 is 0.679 bits per heavy atom. The topological polar surface area (TPSA) is 109 Å². The van der Waals surface area contributed by atoms with Gasteiger partial charge in [-0.25, -0.2) is 10.9 Å². The van der Waals surface area contributed by atoms with Crippen molar-refractivity contribution < 1.29 is 9.59 Å². The Kier molecular flexibility index (Phi) is 6.30. The Bertz CT molecular complexity index is 904. The van der Waals surface area contributed by atoms with Gasteiger partial charge in [-0.05, 0) is 48.5 Å². The molecular weight excluding hydrogens is 356 g/mol. The molecule has 0 aliphatic rings. The van der Waals surface area contributed by atoms with Gasteiger partial charge < -0.3 is 0 Å². The molecule has 3 rings (SSSR count). The monoisotopic (exact) mass is 372 g/mol. The zero-order chi connectivity index (χ0) is 19.6. The predicted molar refractivity (Wildman–Crippen MR) is 105 cm³/mol. The molecule has 0 bridgehead atoms. The fourth-order valence-corrected chi connectivity index (χ4v) is 2.12. The molecule has 8 heteroatoms. The molecule has 2 N–H and O–H groups in total. The maximum atomic E-state index is 12.1. The van der Waals surface area contributed by atoms with Crippen LogP contribution in [-0.2, 0) is 0 Å². The maximum Gasteiger partial charge on any atom is 0.271 e. The van der Waals surface area contributed by atoms with Crippen molar-refractivity contribution in [2.75, 3.05) is 0 Å². The van der Waals surface area contributed by atoms with Crippen molar-refractivity contribution in [2.45, 2.75) is 0 Å². The van der Waals surface area contributed by atoms with Crippen molar-refractivity contribution in [3.05, 3.63) is 95.6 Å². The lowest BCUT2D eigenvalue weighted by molar-refractivity contribution is 0.0943. The lowest BCUT2D eigenvalue weighted by atomic mass is 10.1. The summed E-state index contributed by atoms with van der Waals surface area (Å²) in [5.74, 6) is -0.792. The lowest BCUT2D eigenvalue weighted by Crippen LogP contribution is -2.19. The number of nitrogens with one attached hydrogen (secondary N) is 2. The molecule has 3 aromatic rings. The second-order valence-corrected chi connectivity index (χ2v) is 5.48. The summed E-state index contributed by atoms with van der Waals surface area (Å²) in [4.78, 5) is 32.3. The summed E-state index contributed by atoms with van der Waals surface area (Å²) in [6.45, 7) is 0. The van der Waals surface area contributed by atoms with Crippen LogP contribution in [0.4, 0.5) is 0 Å². The largest absolute Gasteiger partial charge is 0.271 e. The Morgan fingerprint density at radius 2 is 1.11 bits per heavy atom. The van der Waals surface area contributed by atoms with E-state index in [2.05, 4.69) is 31.0 Å². The van der Waals surface area contributed by atoms with Crippen molar-refractivity contribution in [3.8, 4) is 0 Å². The summed E-state index contributed by atoms with van der Waals surface area (Å²) < 4.78 is 0. The van der Waals surface area contributed by atoms with E-state index in [4.69, 9.17) is 0 Å². The second kappa shape index (κ2) is 9.48. The second-order valence-electron chi connectivity index (χ2n) is 5.48. The Balaban J connectivity index is 1.53. The molecule has 0 radical (unpaired) electrons. The zero-order valence-corrected chi connectivity index (χ0v) is 14.7. The summed E-state index contributed by atoms with van der Waals surface area (Å²) in [5.41, 5.74) is 6.80. The summed E-state index contributed by atoms with van der Waals surface area (Å²) in [7, 11) is 0. The van der Waals surface area contributed by atoms with E-state index in [0.717, 1.165) is 0 Å². The molecular formula is C20H16N6O2. The van der Waals surface area contributed by atoms with Gasteiger partial charge in [0.1, 0.15) is 0 Å². The van der Waals surface area contributed by atoms with E-state index >= 15 is 0 Å². The van der Waals surface area contributed by atoms with Crippen LogP contribution in [-0.4, -0.2) is 34.2 Å². The summed E-state index contributed by atoms with van der Waals surface area (Å²) >= 11 is 0. The average Bonchev–Trinajstić information content (AvgIpc) is 2.75. The number of hydrogen-bond acceptors (Lipinski definition) is 6. The van der Waals surface area contributed by atoms with Crippen LogP contribution >= 0.6 is 0 Å². The minimum absolute atomic E-state index is 0.367. The SMILES string of the molecule is O=C(N/N=C/c1ccccn1)c1ccc(C(=O)N/N=C/c2ccccn2)cc1. The molecule has 8 nitrogen and oxygen atoms in total. The van der Waals surface area contributed by atoms with Gasteiger partial charge in [-0.2, -0.15) is 10.2 Å². The van der Waals surface area contributed by atoms with Gasteiger partial charge >= 0.3 is 0 Å². The fraction of sp³-hybridized carbons (Fsp3) is 0. The molecule has 0 aliphatic carbocycles. The molecule has 0 atom stereocenters. The molecule has 0 spiro atoms. The molecule has 0 saturated carbocycles. The molecule has 28 heavy (non-hydrogen) atoms. The maximum absolute atomic E-state index is 12.1. The van der Waals surface area contributed by atoms with E-state index < -0.39 is 11.8 Å². The van der Waals surface area contributed by atoms with Gasteiger partial charge in [0.25, 0.3) is 11.8 Å². The fourth-order valence-electron chi connectivity index (χ4n) is 2.12. The van der Waals surface area contributed by atoms with Crippen molar-refractivity contribution in [1.29, 1.82) is 0 Å². The molecule has 2 heterocycles. The van der Waals surface area contributed by atoms with Crippen molar-refractivity contribution in [1.82, 2.24) is 20.8 Å². The summed E-state index contributed by atoms with van der Waals surface area (Å²) in [5, 5.41) is 7.71. The van der Waals surface area contributed by atoms with E-state index in [1.54, 1.807) is 36.7 Å². The minimum Gasteiger partial charge on any atom is -0.267 e. The number of carbonyl (C=O) groups excluding carboxylic acids is 2. The van der Waals surface area contributed by atoms with E-state index in [1.807, 2.05) is 12.1 Å². The highest BCUT2D eigenvalue weighted by Crippen LogP contribution is 2.04. The van der Waals surface area contributed by atoms with Crippen molar-refractivity contribution in [2.24, 2.45) is 10.2 Å². The number of rotatable bonds is 6. The van der Waals surface area contributed by atoms with Crippen LogP contribution in [0.1, 0.15) is 32.1 Å². The third-order valence-electron chi connectivity index (χ3n) is 3.51. The van der Waals surface area contributed by atoms with Gasteiger partial charge in [-0.15, -0.1) is 0 Å². The Labute approximate surface area is 161 Å². The van der Waals surface area contributed by atoms with Gasteiger partial charge in [-0.1, -0.05) is 12.1 Å². The average molecular weight is 372 g/mol. The molecule has 138 valence electrons. The smallest absolute Gasteiger partial charge is 0.267 e. The highest BCUT2D eigenvalue weighted by Gasteiger charge is 2.08. The molecule has 2 aromatic heterocycles. The first-order valence-corrected chi connectivity index (χ1v) is 8.31. The van der Waals surface area contributed by atoms with Gasteiger partial charge in [0, 0.05) is 23.5 Å². The number of pyridine rings is 2. The first kappa shape index (κ1) is 18.6. The van der Waals surface area contributed by atoms with E-state index in [-0.39, 0.29) is 0 Å². The van der Waals surface area contributed by atoms with E-state index in [0.29, 0.717) is 22.5 Å². The molecule has 2 amide bonds. The standard InChI is InChI=1S/C20H16N6O2/c27-19(25-23-13-17-5-1-3-11-21-17)15-7-9-16(10-8-15)20(28)26-24-14-18-6-2-4-12-22-18/h1-14H,(H,25,27)(H,26,28)/b23-13+,24-14+. The number of nitrogens with zero attached hydrogens (tertiary/aromatic N) is 4. The normalized spacial score (nSPS) is 10.9. The molecule has 0 unspecified atom stereocenters. The Hall–Kier alpha value is -4.20. The highest BCUT2D eigenvalue weighted by atomic mass is 16.2. The van der Waals surface area contributed by atoms with Gasteiger partial charge in [0.05, 0.1) is 23.8 Å². The van der Waals surface area contributed by atoms with Crippen molar-refractivity contribution in [3.63, 3.8) is 0 Å². The van der Waals surface area contributed by atoms with Crippen LogP contribution in [0.3, 0.4) is 0 Å². The third kappa shape index (κ3) is 5.40. The lowest BCUT2D eigenvalue weighted by Gasteiger charge is -2.02. The zero-order valence-electron chi connectivity index (χ0n) is 14.7. The third-order valence-corrected chi connectivity index (χ3v) is 3.51. The van der Waals surface area contributed by atoms with Gasteiger partial charge in [0.2, 0.25) is 0 Å². The first-order valence-electron chi connectivity index (χ1n) is 8.31. The summed E-state index contributed by atoms with van der Waals surface area (Å²) in [6.07, 6.45) is 6.15.